The number of aliphatic hydroxyl groups is 1. The summed E-state index contributed by atoms with van der Waals surface area (Å²) in [5, 5.41) is 38.0. The Morgan fingerprint density at radius 3 is 2.44 bits per heavy atom. The van der Waals surface area contributed by atoms with Gasteiger partial charge in [-0.05, 0) is 31.4 Å². The highest BCUT2D eigenvalue weighted by atomic mass is 16.5. The zero-order valence-electron chi connectivity index (χ0n) is 20.6. The van der Waals surface area contributed by atoms with Crippen molar-refractivity contribution in [2.75, 3.05) is 31.6 Å². The number of anilines is 1. The second kappa shape index (κ2) is 12.6. The van der Waals surface area contributed by atoms with Gasteiger partial charge in [0.25, 0.3) is 5.91 Å². The first-order valence-corrected chi connectivity index (χ1v) is 12.4. The number of aromatic hydroxyl groups is 2. The number of urea groups is 1. The van der Waals surface area contributed by atoms with Gasteiger partial charge in [0, 0.05) is 24.8 Å². The maximum absolute atomic E-state index is 13.6. The number of amides is 4. The molecule has 1 heterocycles. The molecule has 1 saturated heterocycles. The van der Waals surface area contributed by atoms with Gasteiger partial charge in [0.05, 0.1) is 18.9 Å². The van der Waals surface area contributed by atoms with E-state index in [0.717, 1.165) is 31.7 Å². The number of rotatable bonds is 8. The van der Waals surface area contributed by atoms with Gasteiger partial charge in [0.2, 0.25) is 5.91 Å². The quantitative estimate of drug-likeness (QED) is 0.233. The molecule has 2 aliphatic rings. The van der Waals surface area contributed by atoms with Crippen LogP contribution in [0.4, 0.5) is 10.5 Å². The number of nitrogens with zero attached hydrogens (tertiary/aromatic N) is 1. The van der Waals surface area contributed by atoms with Crippen LogP contribution in [0, 0.1) is 0 Å². The minimum atomic E-state index is -1.70. The number of carbonyl (C=O) groups excluding carboxylic acids is 3. The Hall–Kier alpha value is -3.31. The van der Waals surface area contributed by atoms with E-state index in [1.165, 1.54) is 12.1 Å². The molecule has 1 saturated carbocycles. The number of aliphatic hydroxyl groups excluding tert-OH is 1. The first-order valence-electron chi connectivity index (χ1n) is 12.4. The largest absolute Gasteiger partial charge is 0.504 e. The molecule has 36 heavy (non-hydrogen) atoms. The fourth-order valence-electron chi connectivity index (χ4n) is 4.35. The number of phenols is 2. The Labute approximate surface area is 210 Å². The van der Waals surface area contributed by atoms with E-state index in [1.807, 2.05) is 6.92 Å². The molecule has 4 amide bonds. The summed E-state index contributed by atoms with van der Waals surface area (Å²) in [6.07, 6.45) is 4.49. The van der Waals surface area contributed by atoms with Crippen molar-refractivity contribution in [3.63, 3.8) is 0 Å². The number of morpholine rings is 1. The Balaban J connectivity index is 1.75. The van der Waals surface area contributed by atoms with Crippen LogP contribution in [0.5, 0.6) is 11.5 Å². The minimum absolute atomic E-state index is 0.0212. The summed E-state index contributed by atoms with van der Waals surface area (Å²) in [7, 11) is 0. The van der Waals surface area contributed by atoms with E-state index in [9.17, 15) is 29.7 Å². The molecule has 0 spiro atoms. The highest BCUT2D eigenvalue weighted by Crippen LogP contribution is 2.30. The lowest BCUT2D eigenvalue weighted by Crippen LogP contribution is -2.63. The molecule has 11 heteroatoms. The Bertz CT molecular complexity index is 969. The Morgan fingerprint density at radius 2 is 1.81 bits per heavy atom. The molecule has 198 valence electrons. The molecule has 2 fully saturated rings. The van der Waals surface area contributed by atoms with Gasteiger partial charge in [0.15, 0.2) is 17.6 Å². The molecule has 0 aromatic heterocycles. The molecule has 0 bridgehead atoms. The number of ether oxygens (including phenoxy) is 1. The van der Waals surface area contributed by atoms with E-state index < -0.39 is 29.2 Å². The smallest absolute Gasteiger partial charge is 0.318 e. The third-order valence-corrected chi connectivity index (χ3v) is 6.48. The maximum atomic E-state index is 13.6. The van der Waals surface area contributed by atoms with Crippen LogP contribution in [0.3, 0.4) is 0 Å². The first-order chi connectivity index (χ1) is 17.3. The lowest BCUT2D eigenvalue weighted by molar-refractivity contribution is -0.128. The van der Waals surface area contributed by atoms with Crippen molar-refractivity contribution in [3.8, 4) is 11.5 Å². The second-order valence-electron chi connectivity index (χ2n) is 9.17. The standard InChI is InChI=1S/C25H36N4O7/c1-2-3-7-18(21(32)22(33)26-17-8-9-19(30)20(31)16-17)27-23(34)25(10-5-4-6-11-25)28-24(35)29-12-14-36-15-13-29/h7-9,16,21,30-32H,2-6,10-15H2,1H3,(H,26,33)(H,27,34)(H,28,35)/b18-7+/t21-/m0/s1. The summed E-state index contributed by atoms with van der Waals surface area (Å²) in [6, 6.07) is 3.38. The summed E-state index contributed by atoms with van der Waals surface area (Å²) in [5.41, 5.74) is -0.970. The molecule has 0 unspecified atom stereocenters. The van der Waals surface area contributed by atoms with Crippen molar-refractivity contribution >= 4 is 23.5 Å². The number of hydrogen-bond donors (Lipinski definition) is 6. The van der Waals surface area contributed by atoms with Gasteiger partial charge in [-0.25, -0.2) is 4.79 Å². The van der Waals surface area contributed by atoms with E-state index in [0.29, 0.717) is 45.6 Å². The summed E-state index contributed by atoms with van der Waals surface area (Å²) in [5.74, 6) is -2.06. The van der Waals surface area contributed by atoms with Gasteiger partial charge >= 0.3 is 6.03 Å². The molecule has 6 N–H and O–H groups in total. The van der Waals surface area contributed by atoms with Crippen molar-refractivity contribution in [2.45, 2.75) is 63.5 Å². The number of unbranched alkanes of at least 4 members (excludes halogenated alkanes) is 1. The van der Waals surface area contributed by atoms with E-state index in [1.54, 1.807) is 11.0 Å². The van der Waals surface area contributed by atoms with E-state index in [-0.39, 0.29) is 23.2 Å². The van der Waals surface area contributed by atoms with Crippen LogP contribution in [0.25, 0.3) is 0 Å². The zero-order valence-corrected chi connectivity index (χ0v) is 20.6. The molecular formula is C25H36N4O7. The summed E-state index contributed by atoms with van der Waals surface area (Å²) in [4.78, 5) is 40.9. The normalized spacial score (nSPS) is 18.7. The van der Waals surface area contributed by atoms with Crippen LogP contribution < -0.4 is 16.0 Å². The number of carbonyl (C=O) groups is 3. The van der Waals surface area contributed by atoms with Crippen molar-refractivity contribution in [3.05, 3.63) is 30.0 Å². The number of nitrogens with one attached hydrogen (secondary N) is 3. The summed E-state index contributed by atoms with van der Waals surface area (Å²) < 4.78 is 5.31. The van der Waals surface area contributed by atoms with Gasteiger partial charge in [-0.2, -0.15) is 0 Å². The predicted octanol–water partition coefficient (Wildman–Crippen LogP) is 1.94. The van der Waals surface area contributed by atoms with Crippen LogP contribution in [-0.2, 0) is 14.3 Å². The van der Waals surface area contributed by atoms with Gasteiger partial charge in [-0.3, -0.25) is 9.59 Å². The maximum Gasteiger partial charge on any atom is 0.318 e. The molecule has 1 aliphatic heterocycles. The van der Waals surface area contributed by atoms with Crippen molar-refractivity contribution < 1.29 is 34.4 Å². The third-order valence-electron chi connectivity index (χ3n) is 6.48. The molecule has 3 rings (SSSR count). The molecule has 1 aromatic rings. The SMILES string of the molecule is CCC/C=C(/NC(=O)C1(NC(=O)N2CCOCC2)CCCCC1)[C@H](O)C(=O)Nc1ccc(O)c(O)c1. The van der Waals surface area contributed by atoms with Crippen LogP contribution in [0.1, 0.15) is 51.9 Å². The number of hydrogen-bond acceptors (Lipinski definition) is 7. The van der Waals surface area contributed by atoms with Crippen LogP contribution in [-0.4, -0.2) is 76.0 Å². The minimum Gasteiger partial charge on any atom is -0.504 e. The summed E-state index contributed by atoms with van der Waals surface area (Å²) in [6.45, 7) is 3.69. The predicted molar refractivity (Wildman–Crippen MR) is 132 cm³/mol. The zero-order chi connectivity index (χ0) is 26.1. The monoisotopic (exact) mass is 504 g/mol. The lowest BCUT2D eigenvalue weighted by atomic mass is 9.80. The average Bonchev–Trinajstić information content (AvgIpc) is 2.89. The molecule has 11 nitrogen and oxygen atoms in total. The van der Waals surface area contributed by atoms with E-state index in [2.05, 4.69) is 16.0 Å². The number of allylic oxidation sites excluding steroid dienone is 1. The van der Waals surface area contributed by atoms with Crippen LogP contribution in [0.2, 0.25) is 0 Å². The number of phenolic OH excluding ortho intramolecular Hbond substituents is 2. The highest BCUT2D eigenvalue weighted by molar-refractivity contribution is 5.98. The molecule has 1 aromatic carbocycles. The molecular weight excluding hydrogens is 468 g/mol. The summed E-state index contributed by atoms with van der Waals surface area (Å²) >= 11 is 0. The number of benzene rings is 1. The topological polar surface area (TPSA) is 160 Å². The Kier molecular flexibility index (Phi) is 9.54. The molecule has 0 radical (unpaired) electrons. The molecule has 1 aliphatic carbocycles. The Morgan fingerprint density at radius 1 is 1.11 bits per heavy atom. The lowest BCUT2D eigenvalue weighted by Gasteiger charge is -2.39. The molecule has 1 atom stereocenters. The fourth-order valence-corrected chi connectivity index (χ4v) is 4.35. The van der Waals surface area contributed by atoms with Gasteiger partial charge < -0.3 is 40.9 Å². The van der Waals surface area contributed by atoms with E-state index in [4.69, 9.17) is 4.74 Å². The van der Waals surface area contributed by atoms with E-state index >= 15 is 0 Å². The van der Waals surface area contributed by atoms with Gasteiger partial charge in [-0.1, -0.05) is 38.7 Å². The third kappa shape index (κ3) is 6.88. The van der Waals surface area contributed by atoms with Gasteiger partial charge in [-0.15, -0.1) is 0 Å². The van der Waals surface area contributed by atoms with Crippen molar-refractivity contribution in [2.24, 2.45) is 0 Å². The van der Waals surface area contributed by atoms with Crippen molar-refractivity contribution in [1.29, 1.82) is 0 Å². The highest BCUT2D eigenvalue weighted by Gasteiger charge is 2.42. The van der Waals surface area contributed by atoms with Crippen LogP contribution in [0.15, 0.2) is 30.0 Å². The fraction of sp³-hybridized carbons (Fsp3) is 0.560. The second-order valence-corrected chi connectivity index (χ2v) is 9.17. The average molecular weight is 505 g/mol. The first kappa shape index (κ1) is 27.3. The van der Waals surface area contributed by atoms with Crippen LogP contribution >= 0.6 is 0 Å². The van der Waals surface area contributed by atoms with Crippen molar-refractivity contribution in [1.82, 2.24) is 15.5 Å². The van der Waals surface area contributed by atoms with Gasteiger partial charge in [0.1, 0.15) is 5.54 Å².